The highest BCUT2D eigenvalue weighted by atomic mass is 16.2. The third kappa shape index (κ3) is 5.55. The van der Waals surface area contributed by atoms with Gasteiger partial charge < -0.3 is 5.32 Å². The first-order valence-electron chi connectivity index (χ1n) is 7.33. The summed E-state index contributed by atoms with van der Waals surface area (Å²) in [6, 6.07) is 5.95. The second kappa shape index (κ2) is 8.42. The second-order valence-electron chi connectivity index (χ2n) is 5.05. The maximum atomic E-state index is 11.8. The Hall–Kier alpha value is -1.88. The number of carbonyl (C=O) groups excluding carboxylic acids is 2. The summed E-state index contributed by atoms with van der Waals surface area (Å²) >= 11 is 0. The monoisotopic (exact) mass is 291 g/mol. The largest absolute Gasteiger partial charge is 0.376 e. The smallest absolute Gasteiger partial charge is 0.245 e. The Bertz CT molecular complexity index is 476. The van der Waals surface area contributed by atoms with E-state index < -0.39 is 0 Å². The van der Waals surface area contributed by atoms with Gasteiger partial charge in [0, 0.05) is 5.69 Å². The SMILES string of the molecule is CCN(CC)CC(=O)NC(=O)CNc1c(C)cccc1C. The maximum absolute atomic E-state index is 11.8. The second-order valence-corrected chi connectivity index (χ2v) is 5.05. The lowest BCUT2D eigenvalue weighted by Crippen LogP contribution is -2.42. The number of benzene rings is 1. The number of amides is 2. The van der Waals surface area contributed by atoms with Crippen molar-refractivity contribution in [3.05, 3.63) is 29.3 Å². The molecular formula is C16H25N3O2. The molecule has 21 heavy (non-hydrogen) atoms. The van der Waals surface area contributed by atoms with Crippen LogP contribution in [0.4, 0.5) is 5.69 Å². The van der Waals surface area contributed by atoms with Crippen LogP contribution in [0.1, 0.15) is 25.0 Å². The summed E-state index contributed by atoms with van der Waals surface area (Å²) in [7, 11) is 0. The van der Waals surface area contributed by atoms with Gasteiger partial charge in [0.1, 0.15) is 0 Å². The molecule has 0 spiro atoms. The first-order chi connectivity index (χ1) is 9.97. The molecule has 0 atom stereocenters. The first kappa shape index (κ1) is 17.2. The molecule has 5 nitrogen and oxygen atoms in total. The highest BCUT2D eigenvalue weighted by Gasteiger charge is 2.11. The fourth-order valence-electron chi connectivity index (χ4n) is 2.15. The molecule has 0 aliphatic heterocycles. The highest BCUT2D eigenvalue weighted by Crippen LogP contribution is 2.18. The van der Waals surface area contributed by atoms with Crippen LogP contribution >= 0.6 is 0 Å². The third-order valence-corrected chi connectivity index (χ3v) is 3.45. The van der Waals surface area contributed by atoms with Crippen LogP contribution in [0, 0.1) is 13.8 Å². The maximum Gasteiger partial charge on any atom is 0.245 e. The van der Waals surface area contributed by atoms with Crippen molar-refractivity contribution < 1.29 is 9.59 Å². The molecule has 0 saturated carbocycles. The van der Waals surface area contributed by atoms with E-state index >= 15 is 0 Å². The number of rotatable bonds is 7. The van der Waals surface area contributed by atoms with Crippen molar-refractivity contribution >= 4 is 17.5 Å². The summed E-state index contributed by atoms with van der Waals surface area (Å²) in [5, 5.41) is 5.50. The molecule has 1 aromatic carbocycles. The number of nitrogens with zero attached hydrogens (tertiary/aromatic N) is 1. The van der Waals surface area contributed by atoms with E-state index in [2.05, 4.69) is 10.6 Å². The van der Waals surface area contributed by atoms with E-state index in [9.17, 15) is 9.59 Å². The Morgan fingerprint density at radius 1 is 1.05 bits per heavy atom. The summed E-state index contributed by atoms with van der Waals surface area (Å²) in [5.41, 5.74) is 3.11. The standard InChI is InChI=1S/C16H25N3O2/c1-5-19(6-2)11-15(21)18-14(20)10-17-16-12(3)8-7-9-13(16)4/h7-9,17H,5-6,10-11H2,1-4H3,(H,18,20,21). The van der Waals surface area contributed by atoms with Gasteiger partial charge in [0.05, 0.1) is 13.1 Å². The molecule has 5 heteroatoms. The van der Waals surface area contributed by atoms with Gasteiger partial charge in [-0.1, -0.05) is 32.0 Å². The quantitative estimate of drug-likeness (QED) is 0.803. The lowest BCUT2D eigenvalue weighted by atomic mass is 10.1. The van der Waals surface area contributed by atoms with Gasteiger partial charge in [-0.15, -0.1) is 0 Å². The summed E-state index contributed by atoms with van der Waals surface area (Å²) in [5.74, 6) is -0.568. The molecule has 0 fully saturated rings. The lowest BCUT2D eigenvalue weighted by molar-refractivity contribution is -0.130. The highest BCUT2D eigenvalue weighted by molar-refractivity contribution is 5.97. The minimum absolute atomic E-state index is 0.0929. The van der Waals surface area contributed by atoms with Crippen LogP contribution < -0.4 is 10.6 Å². The summed E-state index contributed by atoms with van der Waals surface area (Å²) < 4.78 is 0. The van der Waals surface area contributed by atoms with E-state index in [4.69, 9.17) is 0 Å². The molecule has 2 N–H and O–H groups in total. The van der Waals surface area contributed by atoms with Gasteiger partial charge >= 0.3 is 0 Å². The molecule has 2 amide bonds. The number of anilines is 1. The summed E-state index contributed by atoms with van der Waals surface area (Å²) in [4.78, 5) is 25.5. The molecule has 0 aromatic heterocycles. The van der Waals surface area contributed by atoms with Crippen LogP contribution in [-0.2, 0) is 9.59 Å². The minimum Gasteiger partial charge on any atom is -0.376 e. The van der Waals surface area contributed by atoms with Crippen molar-refractivity contribution in [3.8, 4) is 0 Å². The molecule has 0 aliphatic rings. The number of para-hydroxylation sites is 1. The Morgan fingerprint density at radius 2 is 1.62 bits per heavy atom. The van der Waals surface area contributed by atoms with Crippen LogP contribution in [0.15, 0.2) is 18.2 Å². The fraction of sp³-hybridized carbons (Fsp3) is 0.500. The van der Waals surface area contributed by atoms with Crippen molar-refractivity contribution in [3.63, 3.8) is 0 Å². The number of imide groups is 1. The number of aryl methyl sites for hydroxylation is 2. The number of likely N-dealkylation sites (N-methyl/N-ethyl adjacent to an activating group) is 1. The van der Waals surface area contributed by atoms with Crippen molar-refractivity contribution in [2.45, 2.75) is 27.7 Å². The van der Waals surface area contributed by atoms with E-state index in [0.29, 0.717) is 0 Å². The summed E-state index contributed by atoms with van der Waals surface area (Å²) in [6.45, 7) is 9.87. The molecule has 1 rings (SSSR count). The molecule has 0 saturated heterocycles. The van der Waals surface area contributed by atoms with Crippen molar-refractivity contribution in [2.24, 2.45) is 0 Å². The molecule has 1 aromatic rings. The van der Waals surface area contributed by atoms with Gasteiger partial charge in [0.15, 0.2) is 0 Å². The Morgan fingerprint density at radius 3 is 2.14 bits per heavy atom. The third-order valence-electron chi connectivity index (χ3n) is 3.45. The van der Waals surface area contributed by atoms with E-state index in [1.807, 2.05) is 50.8 Å². The van der Waals surface area contributed by atoms with Crippen LogP contribution in [-0.4, -0.2) is 42.9 Å². The van der Waals surface area contributed by atoms with Gasteiger partial charge in [0.2, 0.25) is 11.8 Å². The predicted octanol–water partition coefficient (Wildman–Crippen LogP) is 1.70. The van der Waals surface area contributed by atoms with Gasteiger partial charge in [0.25, 0.3) is 0 Å². The van der Waals surface area contributed by atoms with Crippen LogP contribution in [0.3, 0.4) is 0 Å². The zero-order chi connectivity index (χ0) is 15.8. The minimum atomic E-state index is -0.310. The van der Waals surface area contributed by atoms with Gasteiger partial charge in [-0.25, -0.2) is 0 Å². The molecule has 0 aliphatic carbocycles. The molecule has 0 unspecified atom stereocenters. The first-order valence-corrected chi connectivity index (χ1v) is 7.33. The zero-order valence-electron chi connectivity index (χ0n) is 13.3. The number of nitrogens with one attached hydrogen (secondary N) is 2. The van der Waals surface area contributed by atoms with Gasteiger partial charge in [-0.2, -0.15) is 0 Å². The Labute approximate surface area is 126 Å². The average Bonchev–Trinajstić information content (AvgIpc) is 2.44. The Balaban J connectivity index is 2.46. The van der Waals surface area contributed by atoms with Gasteiger partial charge in [-0.05, 0) is 38.1 Å². The number of hydrogen-bond acceptors (Lipinski definition) is 4. The molecule has 0 heterocycles. The average molecular weight is 291 g/mol. The number of hydrogen-bond donors (Lipinski definition) is 2. The summed E-state index contributed by atoms with van der Waals surface area (Å²) in [6.07, 6.45) is 0. The molecule has 0 bridgehead atoms. The molecule has 116 valence electrons. The predicted molar refractivity (Wildman–Crippen MR) is 85.3 cm³/mol. The zero-order valence-corrected chi connectivity index (χ0v) is 13.3. The van der Waals surface area contributed by atoms with Crippen molar-refractivity contribution in [2.75, 3.05) is 31.5 Å². The molecule has 0 radical (unpaired) electrons. The van der Waals surface area contributed by atoms with Gasteiger partial charge in [-0.3, -0.25) is 19.8 Å². The van der Waals surface area contributed by atoms with E-state index in [0.717, 1.165) is 29.9 Å². The van der Waals surface area contributed by atoms with Crippen molar-refractivity contribution in [1.82, 2.24) is 10.2 Å². The van der Waals surface area contributed by atoms with Crippen LogP contribution in [0.2, 0.25) is 0 Å². The Kier molecular flexibility index (Phi) is 6.88. The van der Waals surface area contributed by atoms with Crippen molar-refractivity contribution in [1.29, 1.82) is 0 Å². The normalized spacial score (nSPS) is 10.5. The lowest BCUT2D eigenvalue weighted by Gasteiger charge is -2.17. The van der Waals surface area contributed by atoms with E-state index in [1.54, 1.807) is 0 Å². The van der Waals surface area contributed by atoms with E-state index in [1.165, 1.54) is 0 Å². The number of carbonyl (C=O) groups is 2. The van der Waals surface area contributed by atoms with Crippen LogP contribution in [0.5, 0.6) is 0 Å². The van der Waals surface area contributed by atoms with Crippen LogP contribution in [0.25, 0.3) is 0 Å². The molecular weight excluding hydrogens is 266 g/mol. The van der Waals surface area contributed by atoms with E-state index in [-0.39, 0.29) is 24.9 Å². The fourth-order valence-corrected chi connectivity index (χ4v) is 2.15. The topological polar surface area (TPSA) is 61.4 Å².